The van der Waals surface area contributed by atoms with E-state index in [9.17, 15) is 4.79 Å². The Kier molecular flexibility index (Phi) is 5.51. The Balaban J connectivity index is 0.00000220. The van der Waals surface area contributed by atoms with Gasteiger partial charge >= 0.3 is 5.97 Å². The molecule has 6 N–H and O–H groups in total. The fraction of sp³-hybridized carbons (Fsp3) is 0.0833. The molecular formula is C12H14ClN5O2S. The standard InChI is InChI=1S/C12H13N5O2S.ClH/c1-19-10(18)8-9(6-3-2-4-7(13)5-6)20-12(16-8)17-11(14)15;/h2-5H,13H2,1H3,(H4,14,15,16,17);1H. The molecular weight excluding hydrogens is 314 g/mol. The Hall–Kier alpha value is -2.32. The third-order valence-electron chi connectivity index (χ3n) is 2.37. The van der Waals surface area contributed by atoms with Crippen molar-refractivity contribution in [1.29, 1.82) is 0 Å². The minimum absolute atomic E-state index is 0. The topological polar surface area (TPSA) is 130 Å². The van der Waals surface area contributed by atoms with Crippen molar-refractivity contribution in [3.63, 3.8) is 0 Å². The van der Waals surface area contributed by atoms with E-state index >= 15 is 0 Å². The number of aromatic nitrogens is 1. The van der Waals surface area contributed by atoms with Gasteiger partial charge in [-0.2, -0.15) is 4.99 Å². The average Bonchev–Trinajstić information content (AvgIpc) is 2.81. The van der Waals surface area contributed by atoms with E-state index in [-0.39, 0.29) is 29.2 Å². The van der Waals surface area contributed by atoms with Crippen molar-refractivity contribution in [1.82, 2.24) is 4.98 Å². The molecule has 1 aromatic carbocycles. The first-order valence-corrected chi connectivity index (χ1v) is 6.37. The summed E-state index contributed by atoms with van der Waals surface area (Å²) in [6.07, 6.45) is 0. The molecule has 7 nitrogen and oxygen atoms in total. The molecule has 112 valence electrons. The summed E-state index contributed by atoms with van der Waals surface area (Å²) in [6, 6.07) is 7.08. The highest BCUT2D eigenvalue weighted by Crippen LogP contribution is 2.35. The first-order chi connectivity index (χ1) is 9.51. The minimum atomic E-state index is -0.560. The number of esters is 1. The second-order valence-corrected chi connectivity index (χ2v) is 4.81. The zero-order valence-electron chi connectivity index (χ0n) is 11.1. The monoisotopic (exact) mass is 327 g/mol. The maximum Gasteiger partial charge on any atom is 0.358 e. The van der Waals surface area contributed by atoms with Crippen LogP contribution in [0, 0.1) is 0 Å². The van der Waals surface area contributed by atoms with Crippen molar-refractivity contribution >= 4 is 46.5 Å². The molecule has 1 heterocycles. The van der Waals surface area contributed by atoms with Crippen LogP contribution < -0.4 is 17.2 Å². The van der Waals surface area contributed by atoms with E-state index in [0.29, 0.717) is 10.6 Å². The van der Waals surface area contributed by atoms with Gasteiger partial charge in [-0.3, -0.25) is 0 Å². The van der Waals surface area contributed by atoms with Gasteiger partial charge in [0, 0.05) is 5.69 Å². The first-order valence-electron chi connectivity index (χ1n) is 5.56. The number of nitrogens with zero attached hydrogens (tertiary/aromatic N) is 2. The number of carbonyl (C=O) groups is 1. The predicted octanol–water partition coefficient (Wildman–Crippen LogP) is 1.51. The summed E-state index contributed by atoms with van der Waals surface area (Å²) in [5, 5.41) is 0.280. The van der Waals surface area contributed by atoms with Crippen LogP contribution in [0.5, 0.6) is 0 Å². The van der Waals surface area contributed by atoms with Crippen molar-refractivity contribution < 1.29 is 9.53 Å². The van der Waals surface area contributed by atoms with Crippen LogP contribution in [0.2, 0.25) is 0 Å². The molecule has 2 rings (SSSR count). The summed E-state index contributed by atoms with van der Waals surface area (Å²) in [4.78, 5) is 20.3. The molecule has 0 aliphatic rings. The lowest BCUT2D eigenvalue weighted by Crippen LogP contribution is -2.21. The SMILES string of the molecule is COC(=O)c1nc(N=C(N)N)sc1-c1cccc(N)c1.Cl. The number of nitrogen functional groups attached to an aromatic ring is 1. The van der Waals surface area contributed by atoms with Crippen LogP contribution in [0.3, 0.4) is 0 Å². The number of hydrogen-bond acceptors (Lipinski definition) is 6. The van der Waals surface area contributed by atoms with Gasteiger partial charge in [0.05, 0.1) is 12.0 Å². The Morgan fingerprint density at radius 1 is 1.38 bits per heavy atom. The lowest BCUT2D eigenvalue weighted by atomic mass is 10.1. The predicted molar refractivity (Wildman–Crippen MR) is 86.0 cm³/mol. The van der Waals surface area contributed by atoms with Gasteiger partial charge < -0.3 is 21.9 Å². The van der Waals surface area contributed by atoms with E-state index in [1.807, 2.05) is 6.07 Å². The molecule has 0 aliphatic carbocycles. The lowest BCUT2D eigenvalue weighted by Gasteiger charge is -2.01. The van der Waals surface area contributed by atoms with E-state index in [1.165, 1.54) is 18.4 Å². The number of carbonyl (C=O) groups excluding carboxylic acids is 1. The van der Waals surface area contributed by atoms with Gasteiger partial charge in [0.25, 0.3) is 0 Å². The van der Waals surface area contributed by atoms with Gasteiger partial charge in [-0.05, 0) is 17.7 Å². The Labute approximate surface area is 131 Å². The van der Waals surface area contributed by atoms with Crippen molar-refractivity contribution in [2.45, 2.75) is 0 Å². The number of anilines is 1. The van der Waals surface area contributed by atoms with Crippen LogP contribution in [0.25, 0.3) is 10.4 Å². The molecule has 2 aromatic rings. The number of halogens is 1. The smallest absolute Gasteiger partial charge is 0.358 e. The van der Waals surface area contributed by atoms with Gasteiger partial charge in [0.15, 0.2) is 11.7 Å². The molecule has 0 unspecified atom stereocenters. The highest BCUT2D eigenvalue weighted by Gasteiger charge is 2.20. The molecule has 0 atom stereocenters. The Bertz CT molecular complexity index is 682. The van der Waals surface area contributed by atoms with Crippen LogP contribution in [0.4, 0.5) is 10.8 Å². The molecule has 21 heavy (non-hydrogen) atoms. The molecule has 9 heteroatoms. The van der Waals surface area contributed by atoms with Crippen LogP contribution in [-0.4, -0.2) is 24.0 Å². The third-order valence-corrected chi connectivity index (χ3v) is 3.37. The zero-order chi connectivity index (χ0) is 14.7. The van der Waals surface area contributed by atoms with Gasteiger partial charge in [-0.15, -0.1) is 12.4 Å². The van der Waals surface area contributed by atoms with Crippen LogP contribution in [0.15, 0.2) is 29.3 Å². The zero-order valence-corrected chi connectivity index (χ0v) is 12.7. The van der Waals surface area contributed by atoms with Crippen molar-refractivity contribution in [3.05, 3.63) is 30.0 Å². The van der Waals surface area contributed by atoms with Crippen LogP contribution in [0.1, 0.15) is 10.5 Å². The molecule has 0 fully saturated rings. The summed E-state index contributed by atoms with van der Waals surface area (Å²) >= 11 is 1.18. The highest BCUT2D eigenvalue weighted by molar-refractivity contribution is 7.19. The summed E-state index contributed by atoms with van der Waals surface area (Å²) in [5.41, 5.74) is 17.9. The number of aliphatic imine (C=N–C) groups is 1. The highest BCUT2D eigenvalue weighted by atomic mass is 35.5. The number of ether oxygens (including phenoxy) is 1. The molecule has 0 amide bonds. The van der Waals surface area contributed by atoms with Gasteiger partial charge in [0.1, 0.15) is 0 Å². The largest absolute Gasteiger partial charge is 0.464 e. The molecule has 0 aliphatic heterocycles. The molecule has 0 saturated heterocycles. The number of hydrogen-bond donors (Lipinski definition) is 3. The number of methoxy groups -OCH3 is 1. The maximum absolute atomic E-state index is 11.8. The quantitative estimate of drug-likeness (QED) is 0.339. The van der Waals surface area contributed by atoms with E-state index in [2.05, 4.69) is 9.98 Å². The summed E-state index contributed by atoms with van der Waals surface area (Å²) in [6.45, 7) is 0. The van der Waals surface area contributed by atoms with Gasteiger partial charge in [0.2, 0.25) is 5.13 Å². The van der Waals surface area contributed by atoms with Crippen molar-refractivity contribution in [2.75, 3.05) is 12.8 Å². The second kappa shape index (κ2) is 6.91. The summed E-state index contributed by atoms with van der Waals surface area (Å²) in [5.74, 6) is -0.690. The summed E-state index contributed by atoms with van der Waals surface area (Å²) in [7, 11) is 1.28. The van der Waals surface area contributed by atoms with E-state index in [1.54, 1.807) is 18.2 Å². The fourth-order valence-corrected chi connectivity index (χ4v) is 2.52. The van der Waals surface area contributed by atoms with Gasteiger partial charge in [-0.1, -0.05) is 23.5 Å². The number of thiazole rings is 1. The second-order valence-electron chi connectivity index (χ2n) is 3.83. The van der Waals surface area contributed by atoms with Crippen molar-refractivity contribution in [3.8, 4) is 10.4 Å². The van der Waals surface area contributed by atoms with Gasteiger partial charge in [-0.25, -0.2) is 9.78 Å². The molecule has 0 radical (unpaired) electrons. The number of nitrogens with two attached hydrogens (primary N) is 3. The van der Waals surface area contributed by atoms with E-state index in [0.717, 1.165) is 5.56 Å². The number of rotatable bonds is 3. The molecule has 0 bridgehead atoms. The molecule has 0 saturated carbocycles. The number of guanidine groups is 1. The minimum Gasteiger partial charge on any atom is -0.464 e. The maximum atomic E-state index is 11.8. The summed E-state index contributed by atoms with van der Waals surface area (Å²) < 4.78 is 4.71. The fourth-order valence-electron chi connectivity index (χ4n) is 1.58. The van der Waals surface area contributed by atoms with E-state index in [4.69, 9.17) is 21.9 Å². The van der Waals surface area contributed by atoms with Crippen molar-refractivity contribution in [2.24, 2.45) is 16.5 Å². The lowest BCUT2D eigenvalue weighted by molar-refractivity contribution is 0.0596. The number of benzene rings is 1. The Morgan fingerprint density at radius 2 is 2.10 bits per heavy atom. The molecule has 1 aromatic heterocycles. The Morgan fingerprint density at radius 3 is 2.67 bits per heavy atom. The normalized spacial score (nSPS) is 9.57. The third kappa shape index (κ3) is 3.83. The van der Waals surface area contributed by atoms with Crippen LogP contribution in [-0.2, 0) is 4.74 Å². The first kappa shape index (κ1) is 16.7. The van der Waals surface area contributed by atoms with Crippen LogP contribution >= 0.6 is 23.7 Å². The van der Waals surface area contributed by atoms with E-state index < -0.39 is 5.97 Å². The average molecular weight is 328 g/mol. The molecule has 0 spiro atoms.